The maximum Gasteiger partial charge on any atom is 0.255 e. The Morgan fingerprint density at radius 2 is 1.86 bits per heavy atom. The van der Waals surface area contributed by atoms with Crippen molar-refractivity contribution in [1.29, 1.82) is 0 Å². The highest BCUT2D eigenvalue weighted by molar-refractivity contribution is 6.31. The summed E-state index contributed by atoms with van der Waals surface area (Å²) in [6.45, 7) is 0. The van der Waals surface area contributed by atoms with Crippen LogP contribution in [0.5, 0.6) is 5.75 Å². The molecule has 0 aliphatic rings. The van der Waals surface area contributed by atoms with Gasteiger partial charge in [-0.2, -0.15) is 0 Å². The molecule has 2 aromatic rings. The van der Waals surface area contributed by atoms with Crippen molar-refractivity contribution in [1.82, 2.24) is 0 Å². The van der Waals surface area contributed by atoms with Crippen molar-refractivity contribution >= 4 is 28.9 Å². The molecule has 110 valence electrons. The second-order valence-corrected chi connectivity index (χ2v) is 4.59. The van der Waals surface area contributed by atoms with E-state index in [1.165, 1.54) is 13.2 Å². The summed E-state index contributed by atoms with van der Waals surface area (Å²) in [6, 6.07) is 6.30. The molecular formula is C14H11ClF2N2O2. The lowest BCUT2D eigenvalue weighted by Crippen LogP contribution is -2.14. The summed E-state index contributed by atoms with van der Waals surface area (Å²) >= 11 is 5.83. The lowest BCUT2D eigenvalue weighted by atomic mass is 10.1. The number of halogens is 3. The second-order valence-electron chi connectivity index (χ2n) is 4.15. The second kappa shape index (κ2) is 5.97. The van der Waals surface area contributed by atoms with Gasteiger partial charge in [0.25, 0.3) is 5.91 Å². The Morgan fingerprint density at radius 1 is 1.24 bits per heavy atom. The van der Waals surface area contributed by atoms with Gasteiger partial charge in [0, 0.05) is 10.6 Å². The average Bonchev–Trinajstić information content (AvgIpc) is 2.44. The SMILES string of the molecule is COc1ccc(Cl)cc1NC(=O)c1cc(F)c(N)c(F)c1. The molecule has 2 rings (SSSR count). The molecule has 21 heavy (non-hydrogen) atoms. The van der Waals surface area contributed by atoms with Gasteiger partial charge in [-0.3, -0.25) is 4.79 Å². The molecule has 0 heterocycles. The monoisotopic (exact) mass is 312 g/mol. The number of carbonyl (C=O) groups is 1. The molecule has 0 unspecified atom stereocenters. The number of ether oxygens (including phenoxy) is 1. The van der Waals surface area contributed by atoms with Gasteiger partial charge in [-0.15, -0.1) is 0 Å². The van der Waals surface area contributed by atoms with E-state index in [0.717, 1.165) is 12.1 Å². The maximum atomic E-state index is 13.4. The fourth-order valence-corrected chi connectivity index (χ4v) is 1.86. The molecule has 0 fully saturated rings. The highest BCUT2D eigenvalue weighted by atomic mass is 35.5. The minimum absolute atomic E-state index is 0.207. The molecule has 1 amide bonds. The third-order valence-electron chi connectivity index (χ3n) is 2.75. The molecule has 0 saturated heterocycles. The van der Waals surface area contributed by atoms with Gasteiger partial charge in [-0.05, 0) is 30.3 Å². The van der Waals surface area contributed by atoms with Crippen molar-refractivity contribution in [3.63, 3.8) is 0 Å². The molecule has 0 bridgehead atoms. The molecule has 0 atom stereocenters. The van der Waals surface area contributed by atoms with Gasteiger partial charge in [-0.25, -0.2) is 8.78 Å². The predicted molar refractivity (Wildman–Crippen MR) is 76.7 cm³/mol. The molecule has 0 aliphatic heterocycles. The number of anilines is 2. The first kappa shape index (κ1) is 15.1. The number of nitrogens with two attached hydrogens (primary N) is 1. The number of nitrogens with one attached hydrogen (secondary N) is 1. The van der Waals surface area contributed by atoms with Gasteiger partial charge in [0.2, 0.25) is 0 Å². The first-order valence-corrected chi connectivity index (χ1v) is 6.19. The highest BCUT2D eigenvalue weighted by Gasteiger charge is 2.15. The van der Waals surface area contributed by atoms with Crippen LogP contribution in [0.2, 0.25) is 5.02 Å². The number of hydrogen-bond donors (Lipinski definition) is 2. The smallest absolute Gasteiger partial charge is 0.255 e. The highest BCUT2D eigenvalue weighted by Crippen LogP contribution is 2.28. The van der Waals surface area contributed by atoms with Crippen LogP contribution >= 0.6 is 11.6 Å². The molecule has 4 nitrogen and oxygen atoms in total. The zero-order valence-corrected chi connectivity index (χ0v) is 11.7. The third-order valence-corrected chi connectivity index (χ3v) is 2.99. The van der Waals surface area contributed by atoms with Gasteiger partial charge >= 0.3 is 0 Å². The summed E-state index contributed by atoms with van der Waals surface area (Å²) < 4.78 is 31.8. The van der Waals surface area contributed by atoms with Crippen molar-refractivity contribution in [3.8, 4) is 5.75 Å². The van der Waals surface area contributed by atoms with Crippen LogP contribution in [0.25, 0.3) is 0 Å². The van der Waals surface area contributed by atoms with Crippen LogP contribution in [0.1, 0.15) is 10.4 Å². The lowest BCUT2D eigenvalue weighted by molar-refractivity contribution is 0.102. The summed E-state index contributed by atoms with van der Waals surface area (Å²) in [5.74, 6) is -2.35. The molecular weight excluding hydrogens is 302 g/mol. The zero-order valence-electron chi connectivity index (χ0n) is 10.9. The van der Waals surface area contributed by atoms with Crippen LogP contribution in [0.3, 0.4) is 0 Å². The van der Waals surface area contributed by atoms with E-state index in [9.17, 15) is 13.6 Å². The van der Waals surface area contributed by atoms with Crippen LogP contribution in [-0.4, -0.2) is 13.0 Å². The number of benzene rings is 2. The largest absolute Gasteiger partial charge is 0.495 e. The molecule has 7 heteroatoms. The van der Waals surface area contributed by atoms with E-state index in [1.54, 1.807) is 12.1 Å². The summed E-state index contributed by atoms with van der Waals surface area (Å²) in [6.07, 6.45) is 0. The Morgan fingerprint density at radius 3 is 2.43 bits per heavy atom. The van der Waals surface area contributed by atoms with Crippen molar-refractivity contribution in [2.24, 2.45) is 0 Å². The van der Waals surface area contributed by atoms with E-state index >= 15 is 0 Å². The van der Waals surface area contributed by atoms with E-state index in [-0.39, 0.29) is 11.3 Å². The van der Waals surface area contributed by atoms with E-state index in [1.807, 2.05) is 0 Å². The summed E-state index contributed by atoms with van der Waals surface area (Å²) in [5, 5.41) is 2.85. The van der Waals surface area contributed by atoms with Gasteiger partial charge < -0.3 is 15.8 Å². The average molecular weight is 313 g/mol. The summed E-state index contributed by atoms with van der Waals surface area (Å²) in [4.78, 5) is 12.0. The summed E-state index contributed by atoms with van der Waals surface area (Å²) in [5.41, 5.74) is 4.59. The van der Waals surface area contributed by atoms with E-state index in [4.69, 9.17) is 22.1 Å². The van der Waals surface area contributed by atoms with Gasteiger partial charge in [0.15, 0.2) is 0 Å². The van der Waals surface area contributed by atoms with Crippen LogP contribution in [0.15, 0.2) is 30.3 Å². The van der Waals surface area contributed by atoms with Crippen LogP contribution in [-0.2, 0) is 0 Å². The zero-order chi connectivity index (χ0) is 15.6. The lowest BCUT2D eigenvalue weighted by Gasteiger charge is -2.11. The number of nitrogen functional groups attached to an aromatic ring is 1. The molecule has 0 aliphatic carbocycles. The van der Waals surface area contributed by atoms with Gasteiger partial charge in [0.1, 0.15) is 23.1 Å². The number of carbonyl (C=O) groups excluding carboxylic acids is 1. The molecule has 2 aromatic carbocycles. The Labute approximate surface area is 124 Å². The Hall–Kier alpha value is -2.34. The molecule has 3 N–H and O–H groups in total. The number of amides is 1. The number of rotatable bonds is 3. The first-order valence-electron chi connectivity index (χ1n) is 5.81. The predicted octanol–water partition coefficient (Wildman–Crippen LogP) is 3.46. The van der Waals surface area contributed by atoms with Crippen molar-refractivity contribution in [3.05, 3.63) is 52.6 Å². The third kappa shape index (κ3) is 3.22. The van der Waals surface area contributed by atoms with Crippen molar-refractivity contribution in [2.45, 2.75) is 0 Å². The summed E-state index contributed by atoms with van der Waals surface area (Å²) in [7, 11) is 1.42. The van der Waals surface area contributed by atoms with Gasteiger partial charge in [-0.1, -0.05) is 11.6 Å². The molecule has 0 saturated carbocycles. The van der Waals surface area contributed by atoms with E-state index < -0.39 is 23.2 Å². The Bertz CT molecular complexity index is 684. The maximum absolute atomic E-state index is 13.4. The number of methoxy groups -OCH3 is 1. The van der Waals surface area contributed by atoms with Gasteiger partial charge in [0.05, 0.1) is 12.8 Å². The van der Waals surface area contributed by atoms with Crippen LogP contribution in [0, 0.1) is 11.6 Å². The normalized spacial score (nSPS) is 10.3. The standard InChI is InChI=1S/C14H11ClF2N2O2/c1-21-12-3-2-8(15)6-11(12)19-14(20)7-4-9(16)13(18)10(17)5-7/h2-6H,18H2,1H3,(H,19,20). The first-order chi connectivity index (χ1) is 9.92. The van der Waals surface area contributed by atoms with E-state index in [2.05, 4.69) is 5.32 Å². The topological polar surface area (TPSA) is 64.3 Å². The Balaban J connectivity index is 2.32. The quantitative estimate of drug-likeness (QED) is 0.853. The minimum atomic E-state index is -1.00. The van der Waals surface area contributed by atoms with E-state index in [0.29, 0.717) is 10.8 Å². The van der Waals surface area contributed by atoms with Crippen LogP contribution in [0.4, 0.5) is 20.2 Å². The van der Waals surface area contributed by atoms with Crippen molar-refractivity contribution < 1.29 is 18.3 Å². The Kier molecular flexibility index (Phi) is 4.28. The van der Waals surface area contributed by atoms with Crippen LogP contribution < -0.4 is 15.8 Å². The van der Waals surface area contributed by atoms with Crippen molar-refractivity contribution in [2.75, 3.05) is 18.2 Å². The minimum Gasteiger partial charge on any atom is -0.495 e. The fraction of sp³-hybridized carbons (Fsp3) is 0.0714. The molecule has 0 radical (unpaired) electrons. The number of hydrogen-bond acceptors (Lipinski definition) is 3. The molecule has 0 spiro atoms. The molecule has 0 aromatic heterocycles. The fourth-order valence-electron chi connectivity index (χ4n) is 1.69.